The zero-order valence-electron chi connectivity index (χ0n) is 21.0. The summed E-state index contributed by atoms with van der Waals surface area (Å²) in [6.45, 7) is 8.26. The van der Waals surface area contributed by atoms with Gasteiger partial charge in [-0.15, -0.1) is 11.3 Å². The molecule has 0 aliphatic carbocycles. The molecule has 4 nitrogen and oxygen atoms in total. The van der Waals surface area contributed by atoms with Crippen molar-refractivity contribution in [2.24, 2.45) is 0 Å². The maximum Gasteiger partial charge on any atom is 0.195 e. The molecule has 1 fully saturated rings. The predicted molar refractivity (Wildman–Crippen MR) is 149 cm³/mol. The molecule has 5 heteroatoms. The lowest BCUT2D eigenvalue weighted by molar-refractivity contribution is 0.104. The lowest BCUT2D eigenvalue weighted by Crippen LogP contribution is -2.33. The Morgan fingerprint density at radius 2 is 1.69 bits per heavy atom. The summed E-state index contributed by atoms with van der Waals surface area (Å²) in [6, 6.07) is 21.2. The van der Waals surface area contributed by atoms with Crippen molar-refractivity contribution in [1.29, 1.82) is 0 Å². The Bertz CT molecular complexity index is 1330. The van der Waals surface area contributed by atoms with E-state index in [9.17, 15) is 9.90 Å². The number of ketones is 1. The Morgan fingerprint density at radius 1 is 0.972 bits per heavy atom. The van der Waals surface area contributed by atoms with E-state index >= 15 is 0 Å². The highest BCUT2D eigenvalue weighted by molar-refractivity contribution is 7.22. The van der Waals surface area contributed by atoms with E-state index in [0.29, 0.717) is 23.7 Å². The maximum absolute atomic E-state index is 13.8. The van der Waals surface area contributed by atoms with Crippen LogP contribution in [0.2, 0.25) is 0 Å². The van der Waals surface area contributed by atoms with Crippen molar-refractivity contribution in [3.8, 4) is 21.9 Å². The van der Waals surface area contributed by atoms with Gasteiger partial charge in [0.05, 0.1) is 0 Å². The summed E-state index contributed by atoms with van der Waals surface area (Å²) in [6.07, 6.45) is 3.88. The number of piperidine rings is 1. The summed E-state index contributed by atoms with van der Waals surface area (Å²) < 4.78 is 6.86. The summed E-state index contributed by atoms with van der Waals surface area (Å²) in [5.74, 6) is 1.42. The number of nitrogens with zero attached hydrogens (tertiary/aromatic N) is 1. The zero-order chi connectivity index (χ0) is 25.1. The third-order valence-corrected chi connectivity index (χ3v) is 8.18. The number of carbonyl (C=O) groups is 1. The lowest BCUT2D eigenvalue weighted by atomic mass is 9.96. The number of ether oxygens (including phenoxy) is 1. The Hall–Kier alpha value is -3.15. The van der Waals surface area contributed by atoms with Gasteiger partial charge >= 0.3 is 0 Å². The van der Waals surface area contributed by atoms with Gasteiger partial charge in [-0.1, -0.05) is 44.5 Å². The normalized spacial score (nSPS) is 14.4. The molecule has 1 aliphatic heterocycles. The molecule has 1 N–H and O–H groups in total. The third-order valence-electron chi connectivity index (χ3n) is 6.98. The minimum Gasteiger partial charge on any atom is -0.508 e. The van der Waals surface area contributed by atoms with Crippen molar-refractivity contribution in [2.45, 2.75) is 39.0 Å². The first-order valence-corrected chi connectivity index (χ1v) is 13.7. The SMILES string of the molecule is CC(C)c1ccc(-c2sc3cc(O)ccc3c2C(=O)c2ccc(OCCN3CCCCC3)cc2)cc1. The van der Waals surface area contributed by atoms with Crippen LogP contribution in [-0.2, 0) is 0 Å². The molecular formula is C31H33NO3S. The molecular weight excluding hydrogens is 466 g/mol. The van der Waals surface area contributed by atoms with E-state index in [1.54, 1.807) is 23.5 Å². The second-order valence-corrected chi connectivity index (χ2v) is 10.9. The third kappa shape index (κ3) is 5.32. The molecule has 0 unspecified atom stereocenters. The first-order valence-electron chi connectivity index (χ1n) is 12.9. The van der Waals surface area contributed by atoms with Crippen LogP contribution in [-0.4, -0.2) is 42.0 Å². The number of carbonyl (C=O) groups excluding carboxylic acids is 1. The average Bonchev–Trinajstić information content (AvgIpc) is 3.28. The number of hydrogen-bond acceptors (Lipinski definition) is 5. The van der Waals surface area contributed by atoms with Crippen LogP contribution in [0.1, 0.15) is 60.5 Å². The summed E-state index contributed by atoms with van der Waals surface area (Å²) in [5.41, 5.74) is 3.60. The molecule has 2 heterocycles. The molecule has 0 radical (unpaired) electrons. The van der Waals surface area contributed by atoms with Crippen LogP contribution >= 0.6 is 11.3 Å². The van der Waals surface area contributed by atoms with Gasteiger partial charge in [-0.3, -0.25) is 9.69 Å². The predicted octanol–water partition coefficient (Wildman–Crippen LogP) is 7.49. The molecule has 1 aliphatic rings. The number of thiophene rings is 1. The first-order chi connectivity index (χ1) is 17.5. The van der Waals surface area contributed by atoms with Crippen LogP contribution in [0.4, 0.5) is 0 Å². The molecule has 0 spiro atoms. The van der Waals surface area contributed by atoms with Gasteiger partial charge in [0.2, 0.25) is 0 Å². The Morgan fingerprint density at radius 3 is 2.39 bits per heavy atom. The monoisotopic (exact) mass is 499 g/mol. The quantitative estimate of drug-likeness (QED) is 0.255. The molecule has 0 amide bonds. The number of benzene rings is 3. The van der Waals surface area contributed by atoms with Gasteiger partial charge in [-0.2, -0.15) is 0 Å². The van der Waals surface area contributed by atoms with Gasteiger partial charge < -0.3 is 9.84 Å². The summed E-state index contributed by atoms with van der Waals surface area (Å²) in [4.78, 5) is 17.2. The topological polar surface area (TPSA) is 49.8 Å². The van der Waals surface area contributed by atoms with Crippen LogP contribution in [0.15, 0.2) is 66.7 Å². The Labute approximate surface area is 217 Å². The van der Waals surface area contributed by atoms with Crippen molar-refractivity contribution >= 4 is 27.2 Å². The fourth-order valence-electron chi connectivity index (χ4n) is 4.86. The van der Waals surface area contributed by atoms with Crippen LogP contribution in [0.25, 0.3) is 20.5 Å². The van der Waals surface area contributed by atoms with Crippen molar-refractivity contribution in [3.05, 3.63) is 83.4 Å². The number of phenolic OH excluding ortho intramolecular Hbond substituents is 1. The van der Waals surface area contributed by atoms with Gasteiger partial charge in [-0.05, 0) is 85.4 Å². The fraction of sp³-hybridized carbons (Fsp3) is 0.323. The Balaban J connectivity index is 1.40. The zero-order valence-corrected chi connectivity index (χ0v) is 21.8. The minimum absolute atomic E-state index is 0.0188. The van der Waals surface area contributed by atoms with E-state index in [1.165, 1.54) is 24.8 Å². The number of fused-ring (bicyclic) bond motifs is 1. The smallest absolute Gasteiger partial charge is 0.195 e. The highest BCUT2D eigenvalue weighted by atomic mass is 32.1. The van der Waals surface area contributed by atoms with Gasteiger partial charge in [-0.25, -0.2) is 0 Å². The van der Waals surface area contributed by atoms with E-state index < -0.39 is 0 Å². The number of likely N-dealkylation sites (tertiary alicyclic amines) is 1. The second kappa shape index (κ2) is 10.9. The molecule has 5 rings (SSSR count). The highest BCUT2D eigenvalue weighted by Crippen LogP contribution is 2.41. The molecule has 0 saturated carbocycles. The molecule has 1 saturated heterocycles. The molecule has 0 atom stereocenters. The molecule has 4 aromatic rings. The number of phenols is 1. The largest absolute Gasteiger partial charge is 0.508 e. The van der Waals surface area contributed by atoms with Crippen molar-refractivity contribution in [3.63, 3.8) is 0 Å². The molecule has 0 bridgehead atoms. The Kier molecular flexibility index (Phi) is 7.40. The van der Waals surface area contributed by atoms with E-state index in [2.05, 4.69) is 43.0 Å². The van der Waals surface area contributed by atoms with Crippen LogP contribution in [0.5, 0.6) is 11.5 Å². The lowest BCUT2D eigenvalue weighted by Gasteiger charge is -2.26. The van der Waals surface area contributed by atoms with E-state index in [4.69, 9.17) is 4.74 Å². The van der Waals surface area contributed by atoms with Gasteiger partial charge in [0.1, 0.15) is 18.1 Å². The van der Waals surface area contributed by atoms with E-state index in [0.717, 1.165) is 45.9 Å². The molecule has 1 aromatic heterocycles. The van der Waals surface area contributed by atoms with E-state index in [1.807, 2.05) is 30.3 Å². The second-order valence-electron chi connectivity index (χ2n) is 9.87. The standard InChI is InChI=1S/C31H33NO3S/c1-21(2)22-6-8-24(9-7-22)31-29(27-15-12-25(33)20-28(27)36-31)30(34)23-10-13-26(14-11-23)35-19-18-32-16-4-3-5-17-32/h6-15,20-21,33H,3-5,16-19H2,1-2H3. The summed E-state index contributed by atoms with van der Waals surface area (Å²) in [7, 11) is 0. The van der Waals surface area contributed by atoms with Crippen LogP contribution in [0.3, 0.4) is 0 Å². The highest BCUT2D eigenvalue weighted by Gasteiger charge is 2.22. The van der Waals surface area contributed by atoms with Crippen molar-refractivity contribution in [1.82, 2.24) is 4.90 Å². The van der Waals surface area contributed by atoms with Gasteiger partial charge in [0.15, 0.2) is 5.78 Å². The van der Waals surface area contributed by atoms with Crippen LogP contribution in [0, 0.1) is 0 Å². The fourth-order valence-corrected chi connectivity index (χ4v) is 6.09. The number of aromatic hydroxyl groups is 1. The summed E-state index contributed by atoms with van der Waals surface area (Å²) >= 11 is 1.55. The number of rotatable bonds is 8. The van der Waals surface area contributed by atoms with Crippen molar-refractivity contribution in [2.75, 3.05) is 26.2 Å². The van der Waals surface area contributed by atoms with Gasteiger partial charge in [0.25, 0.3) is 0 Å². The summed E-state index contributed by atoms with van der Waals surface area (Å²) in [5, 5.41) is 10.9. The van der Waals surface area contributed by atoms with E-state index in [-0.39, 0.29) is 11.5 Å². The molecule has 36 heavy (non-hydrogen) atoms. The first kappa shape index (κ1) is 24.5. The van der Waals surface area contributed by atoms with Gasteiger partial charge in [0, 0.05) is 32.6 Å². The van der Waals surface area contributed by atoms with Crippen LogP contribution < -0.4 is 4.74 Å². The number of hydrogen-bond donors (Lipinski definition) is 1. The van der Waals surface area contributed by atoms with Crippen molar-refractivity contribution < 1.29 is 14.6 Å². The minimum atomic E-state index is -0.0188. The molecule has 3 aromatic carbocycles. The maximum atomic E-state index is 13.8. The molecule has 186 valence electrons. The average molecular weight is 500 g/mol.